The van der Waals surface area contributed by atoms with E-state index in [0.29, 0.717) is 25.1 Å². The summed E-state index contributed by atoms with van der Waals surface area (Å²) in [6, 6.07) is 13.1. The lowest BCUT2D eigenvalue weighted by molar-refractivity contribution is -0.131. The van der Waals surface area contributed by atoms with Gasteiger partial charge < -0.3 is 15.0 Å². The van der Waals surface area contributed by atoms with Gasteiger partial charge in [0.15, 0.2) is 0 Å². The van der Waals surface area contributed by atoms with Crippen LogP contribution < -0.4 is 10.1 Å². The van der Waals surface area contributed by atoms with E-state index in [4.69, 9.17) is 4.74 Å². The molecule has 0 unspecified atom stereocenters. The van der Waals surface area contributed by atoms with Gasteiger partial charge >= 0.3 is 0 Å². The van der Waals surface area contributed by atoms with Gasteiger partial charge in [-0.1, -0.05) is 26.3 Å². The van der Waals surface area contributed by atoms with Gasteiger partial charge in [-0.15, -0.1) is 0 Å². The molecule has 0 bridgehead atoms. The third kappa shape index (κ3) is 4.91. The summed E-state index contributed by atoms with van der Waals surface area (Å²) in [5.41, 5.74) is 3.68. The van der Waals surface area contributed by atoms with Crippen LogP contribution >= 0.6 is 0 Å². The van der Waals surface area contributed by atoms with Gasteiger partial charge in [0.05, 0.1) is 6.61 Å². The Labute approximate surface area is 166 Å². The van der Waals surface area contributed by atoms with E-state index in [-0.39, 0.29) is 11.8 Å². The number of amides is 2. The molecular weight excluding hydrogens is 352 g/mol. The highest BCUT2D eigenvalue weighted by atomic mass is 16.5. The van der Waals surface area contributed by atoms with E-state index in [1.54, 1.807) is 12.1 Å². The molecule has 0 aromatic heterocycles. The van der Waals surface area contributed by atoms with Crippen molar-refractivity contribution >= 4 is 17.5 Å². The molecule has 1 heterocycles. The van der Waals surface area contributed by atoms with Gasteiger partial charge in [0.25, 0.3) is 5.91 Å². The molecule has 1 aliphatic rings. The summed E-state index contributed by atoms with van der Waals surface area (Å²) in [5.74, 6) is 0.790. The van der Waals surface area contributed by atoms with Crippen LogP contribution in [0.25, 0.3) is 0 Å². The molecule has 28 heavy (non-hydrogen) atoms. The van der Waals surface area contributed by atoms with Crippen LogP contribution in [0.15, 0.2) is 42.5 Å². The molecule has 1 aliphatic heterocycles. The Hall–Kier alpha value is -2.82. The molecule has 148 valence electrons. The summed E-state index contributed by atoms with van der Waals surface area (Å²) in [6.45, 7) is 6.06. The molecule has 2 aromatic rings. The fraction of sp³-hybridized carbons (Fsp3) is 0.391. The second kappa shape index (κ2) is 9.40. The van der Waals surface area contributed by atoms with Crippen molar-refractivity contribution in [2.45, 2.75) is 46.1 Å². The number of hydrogen-bond donors (Lipinski definition) is 1. The quantitative estimate of drug-likeness (QED) is 0.724. The van der Waals surface area contributed by atoms with Crippen molar-refractivity contribution in [3.8, 4) is 5.75 Å². The number of carbonyl (C=O) groups is 2. The number of carbonyl (C=O) groups excluding carboxylic acids is 2. The molecule has 5 heteroatoms. The molecule has 0 fully saturated rings. The largest absolute Gasteiger partial charge is 0.494 e. The number of fused-ring (bicyclic) bond motifs is 1. The van der Waals surface area contributed by atoms with Gasteiger partial charge in [-0.25, -0.2) is 0 Å². The molecule has 2 amide bonds. The fourth-order valence-corrected chi connectivity index (χ4v) is 3.31. The molecule has 0 aliphatic carbocycles. The molecule has 1 N–H and O–H groups in total. The minimum Gasteiger partial charge on any atom is -0.494 e. The summed E-state index contributed by atoms with van der Waals surface area (Å²) in [7, 11) is 0. The summed E-state index contributed by atoms with van der Waals surface area (Å²) < 4.78 is 5.64. The SMILES string of the molecule is CCCCOc1ccc(C(=O)Nc2ccc3c(c2)CN(C(=O)CC)CC3)cc1. The van der Waals surface area contributed by atoms with Gasteiger partial charge in [-0.05, 0) is 60.4 Å². The lowest BCUT2D eigenvalue weighted by Gasteiger charge is -2.29. The van der Waals surface area contributed by atoms with Gasteiger partial charge in [-0.3, -0.25) is 9.59 Å². The maximum Gasteiger partial charge on any atom is 0.255 e. The lowest BCUT2D eigenvalue weighted by Crippen LogP contribution is -2.35. The number of nitrogens with one attached hydrogen (secondary N) is 1. The molecular formula is C23H28N2O3. The summed E-state index contributed by atoms with van der Waals surface area (Å²) in [6.07, 6.45) is 3.48. The van der Waals surface area contributed by atoms with Gasteiger partial charge in [0.1, 0.15) is 5.75 Å². The van der Waals surface area contributed by atoms with E-state index in [1.165, 1.54) is 5.56 Å². The van der Waals surface area contributed by atoms with E-state index in [1.807, 2.05) is 42.2 Å². The van der Waals surface area contributed by atoms with Crippen LogP contribution in [0.4, 0.5) is 5.69 Å². The van der Waals surface area contributed by atoms with Crippen molar-refractivity contribution in [1.29, 1.82) is 0 Å². The number of unbranched alkanes of at least 4 members (excludes halogenated alkanes) is 1. The summed E-state index contributed by atoms with van der Waals surface area (Å²) >= 11 is 0. The Kier molecular flexibility index (Phi) is 6.69. The van der Waals surface area contributed by atoms with Crippen LogP contribution in [0.2, 0.25) is 0 Å². The number of anilines is 1. The first kappa shape index (κ1) is 19.9. The minimum absolute atomic E-state index is 0.155. The standard InChI is InChI=1S/C23H28N2O3/c1-3-5-14-28-21-10-7-18(8-11-21)23(27)24-20-9-6-17-12-13-25(22(26)4-2)16-19(17)15-20/h6-11,15H,3-5,12-14,16H2,1-2H3,(H,24,27). The molecule has 0 radical (unpaired) electrons. The monoisotopic (exact) mass is 380 g/mol. The van der Waals surface area contributed by atoms with E-state index in [2.05, 4.69) is 12.2 Å². The number of rotatable bonds is 7. The Morgan fingerprint density at radius 3 is 2.57 bits per heavy atom. The highest BCUT2D eigenvalue weighted by Crippen LogP contribution is 2.24. The molecule has 3 rings (SSSR count). The molecule has 0 saturated heterocycles. The van der Waals surface area contributed by atoms with E-state index in [9.17, 15) is 9.59 Å². The predicted octanol–water partition coefficient (Wildman–Crippen LogP) is 4.41. The number of benzene rings is 2. The summed E-state index contributed by atoms with van der Waals surface area (Å²) in [4.78, 5) is 26.4. The van der Waals surface area contributed by atoms with Crippen molar-refractivity contribution in [2.24, 2.45) is 0 Å². The van der Waals surface area contributed by atoms with Crippen molar-refractivity contribution in [1.82, 2.24) is 4.90 Å². The number of nitrogens with zero attached hydrogens (tertiary/aromatic N) is 1. The highest BCUT2D eigenvalue weighted by Gasteiger charge is 2.20. The smallest absolute Gasteiger partial charge is 0.255 e. The maximum absolute atomic E-state index is 12.6. The zero-order chi connectivity index (χ0) is 19.9. The van der Waals surface area contributed by atoms with Crippen LogP contribution in [0.3, 0.4) is 0 Å². The van der Waals surface area contributed by atoms with Crippen LogP contribution in [0, 0.1) is 0 Å². The van der Waals surface area contributed by atoms with E-state index < -0.39 is 0 Å². The fourth-order valence-electron chi connectivity index (χ4n) is 3.31. The second-order valence-electron chi connectivity index (χ2n) is 7.08. The molecule has 0 saturated carbocycles. The second-order valence-corrected chi connectivity index (χ2v) is 7.08. The van der Waals surface area contributed by atoms with Crippen LogP contribution in [-0.4, -0.2) is 29.9 Å². The number of ether oxygens (including phenoxy) is 1. The van der Waals surface area contributed by atoms with Crippen LogP contribution in [0.1, 0.15) is 54.6 Å². The number of hydrogen-bond acceptors (Lipinski definition) is 3. The van der Waals surface area contributed by atoms with Gasteiger partial charge in [0.2, 0.25) is 5.91 Å². The van der Waals surface area contributed by atoms with E-state index >= 15 is 0 Å². The van der Waals surface area contributed by atoms with Gasteiger partial charge in [0, 0.05) is 30.8 Å². The van der Waals surface area contributed by atoms with Crippen molar-refractivity contribution < 1.29 is 14.3 Å². The zero-order valence-electron chi connectivity index (χ0n) is 16.7. The Balaban J connectivity index is 1.64. The Morgan fingerprint density at radius 1 is 1.07 bits per heavy atom. The third-order valence-electron chi connectivity index (χ3n) is 5.01. The van der Waals surface area contributed by atoms with Crippen molar-refractivity contribution in [2.75, 3.05) is 18.5 Å². The van der Waals surface area contributed by atoms with Gasteiger partial charge in [-0.2, -0.15) is 0 Å². The third-order valence-corrected chi connectivity index (χ3v) is 5.01. The first-order chi connectivity index (χ1) is 13.6. The lowest BCUT2D eigenvalue weighted by atomic mass is 9.98. The topological polar surface area (TPSA) is 58.6 Å². The summed E-state index contributed by atoms with van der Waals surface area (Å²) in [5, 5.41) is 2.95. The normalized spacial score (nSPS) is 13.0. The van der Waals surface area contributed by atoms with Crippen molar-refractivity contribution in [3.05, 3.63) is 59.2 Å². The molecule has 0 spiro atoms. The average molecular weight is 380 g/mol. The molecule has 0 atom stereocenters. The van der Waals surface area contributed by atoms with Crippen LogP contribution in [0.5, 0.6) is 5.75 Å². The van der Waals surface area contributed by atoms with E-state index in [0.717, 1.165) is 42.8 Å². The van der Waals surface area contributed by atoms with Crippen molar-refractivity contribution in [3.63, 3.8) is 0 Å². The maximum atomic E-state index is 12.6. The average Bonchev–Trinajstić information content (AvgIpc) is 2.73. The first-order valence-electron chi connectivity index (χ1n) is 10.0. The minimum atomic E-state index is -0.155. The highest BCUT2D eigenvalue weighted by molar-refractivity contribution is 6.04. The predicted molar refractivity (Wildman–Crippen MR) is 111 cm³/mol. The zero-order valence-corrected chi connectivity index (χ0v) is 16.7. The Bertz CT molecular complexity index is 830. The molecule has 5 nitrogen and oxygen atoms in total. The first-order valence-corrected chi connectivity index (χ1v) is 10.0. The molecule has 2 aromatic carbocycles. The Morgan fingerprint density at radius 2 is 1.86 bits per heavy atom. The van der Waals surface area contributed by atoms with Crippen LogP contribution in [-0.2, 0) is 17.8 Å².